The van der Waals surface area contributed by atoms with Crippen LogP contribution in [0.4, 0.5) is 11.4 Å². The standard InChI is InChI=1S/C13H15N5O/c1-15-13(19)9-4-5-11(14)12(7-9)16-8-10-3-2-6-17-18-10/h2-7,16H,8,14H2,1H3,(H,15,19). The molecule has 0 aliphatic rings. The number of hydrogen-bond acceptors (Lipinski definition) is 5. The van der Waals surface area contributed by atoms with E-state index in [9.17, 15) is 4.79 Å². The zero-order chi connectivity index (χ0) is 13.7. The van der Waals surface area contributed by atoms with Gasteiger partial charge < -0.3 is 16.4 Å². The lowest BCUT2D eigenvalue weighted by Crippen LogP contribution is -2.18. The second-order valence-corrected chi connectivity index (χ2v) is 3.95. The quantitative estimate of drug-likeness (QED) is 0.711. The second kappa shape index (κ2) is 5.81. The van der Waals surface area contributed by atoms with Crippen LogP contribution in [0.3, 0.4) is 0 Å². The molecule has 0 aliphatic carbocycles. The fraction of sp³-hybridized carbons (Fsp3) is 0.154. The van der Waals surface area contributed by atoms with Crippen LogP contribution in [0.2, 0.25) is 0 Å². The topological polar surface area (TPSA) is 92.9 Å². The van der Waals surface area contributed by atoms with E-state index in [1.807, 2.05) is 12.1 Å². The Bertz CT molecular complexity index is 571. The van der Waals surface area contributed by atoms with Crippen LogP contribution < -0.4 is 16.4 Å². The highest BCUT2D eigenvalue weighted by Crippen LogP contribution is 2.20. The summed E-state index contributed by atoms with van der Waals surface area (Å²) in [6.07, 6.45) is 1.62. The molecule has 0 aliphatic heterocycles. The van der Waals surface area contributed by atoms with Crippen molar-refractivity contribution in [1.29, 1.82) is 0 Å². The molecule has 1 amide bonds. The van der Waals surface area contributed by atoms with E-state index in [4.69, 9.17) is 5.73 Å². The average Bonchev–Trinajstić information content (AvgIpc) is 2.46. The first-order chi connectivity index (χ1) is 9.20. The lowest BCUT2D eigenvalue weighted by atomic mass is 10.1. The highest BCUT2D eigenvalue weighted by molar-refractivity contribution is 5.96. The number of aromatic nitrogens is 2. The zero-order valence-corrected chi connectivity index (χ0v) is 10.6. The van der Waals surface area contributed by atoms with Gasteiger partial charge in [0.15, 0.2) is 0 Å². The predicted octanol–water partition coefficient (Wildman–Crippen LogP) is 1.03. The number of benzene rings is 1. The van der Waals surface area contributed by atoms with Crippen LogP contribution in [-0.4, -0.2) is 23.2 Å². The molecule has 0 fully saturated rings. The van der Waals surface area contributed by atoms with Crippen LogP contribution in [0.15, 0.2) is 36.5 Å². The normalized spacial score (nSPS) is 9.95. The van der Waals surface area contributed by atoms with Crippen LogP contribution >= 0.6 is 0 Å². The summed E-state index contributed by atoms with van der Waals surface area (Å²) in [5.74, 6) is -0.150. The maximum Gasteiger partial charge on any atom is 0.251 e. The van der Waals surface area contributed by atoms with E-state index in [0.717, 1.165) is 5.69 Å². The van der Waals surface area contributed by atoms with Crippen LogP contribution in [0, 0.1) is 0 Å². The Balaban J connectivity index is 2.13. The van der Waals surface area contributed by atoms with E-state index in [-0.39, 0.29) is 5.91 Å². The van der Waals surface area contributed by atoms with Gasteiger partial charge in [0.1, 0.15) is 0 Å². The van der Waals surface area contributed by atoms with Crippen molar-refractivity contribution in [2.45, 2.75) is 6.54 Å². The molecule has 0 saturated carbocycles. The molecule has 0 radical (unpaired) electrons. The van der Waals surface area contributed by atoms with Crippen LogP contribution in [0.25, 0.3) is 0 Å². The Kier molecular flexibility index (Phi) is 3.92. The maximum atomic E-state index is 11.5. The molecule has 1 aromatic carbocycles. The van der Waals surface area contributed by atoms with Crippen molar-refractivity contribution < 1.29 is 4.79 Å². The molecule has 0 unspecified atom stereocenters. The van der Waals surface area contributed by atoms with E-state index >= 15 is 0 Å². The molecule has 2 rings (SSSR count). The van der Waals surface area contributed by atoms with Crippen molar-refractivity contribution in [2.24, 2.45) is 0 Å². The predicted molar refractivity (Wildman–Crippen MR) is 73.6 cm³/mol. The molecule has 0 atom stereocenters. The Morgan fingerprint density at radius 2 is 2.21 bits per heavy atom. The molecule has 1 aromatic heterocycles. The first-order valence-electron chi connectivity index (χ1n) is 5.83. The van der Waals surface area contributed by atoms with Gasteiger partial charge in [-0.1, -0.05) is 0 Å². The van der Waals surface area contributed by atoms with Crippen molar-refractivity contribution in [3.63, 3.8) is 0 Å². The van der Waals surface area contributed by atoms with Crippen molar-refractivity contribution in [1.82, 2.24) is 15.5 Å². The van der Waals surface area contributed by atoms with Gasteiger partial charge in [0.2, 0.25) is 0 Å². The summed E-state index contributed by atoms with van der Waals surface area (Å²) in [5.41, 5.74) is 8.50. The van der Waals surface area contributed by atoms with Crippen LogP contribution in [-0.2, 0) is 6.54 Å². The van der Waals surface area contributed by atoms with Gasteiger partial charge >= 0.3 is 0 Å². The Morgan fingerprint density at radius 3 is 2.89 bits per heavy atom. The van der Waals surface area contributed by atoms with E-state index < -0.39 is 0 Å². The van der Waals surface area contributed by atoms with Gasteiger partial charge in [0.25, 0.3) is 5.91 Å². The van der Waals surface area contributed by atoms with Crippen molar-refractivity contribution in [3.8, 4) is 0 Å². The number of nitrogens with one attached hydrogen (secondary N) is 2. The third-order valence-electron chi connectivity index (χ3n) is 2.63. The molecule has 19 heavy (non-hydrogen) atoms. The van der Waals surface area contributed by atoms with Gasteiger partial charge in [-0.3, -0.25) is 4.79 Å². The number of rotatable bonds is 4. The minimum absolute atomic E-state index is 0.150. The number of carbonyl (C=O) groups excluding carboxylic acids is 1. The van der Waals surface area contributed by atoms with Crippen molar-refractivity contribution in [3.05, 3.63) is 47.8 Å². The molecule has 2 aromatic rings. The second-order valence-electron chi connectivity index (χ2n) is 3.95. The van der Waals surface area contributed by atoms with Gasteiger partial charge in [-0.2, -0.15) is 10.2 Å². The fourth-order valence-electron chi connectivity index (χ4n) is 1.61. The fourth-order valence-corrected chi connectivity index (χ4v) is 1.61. The first kappa shape index (κ1) is 12.8. The molecule has 0 bridgehead atoms. The van der Waals surface area contributed by atoms with Crippen LogP contribution in [0.5, 0.6) is 0 Å². The molecule has 6 heteroatoms. The summed E-state index contributed by atoms with van der Waals surface area (Å²) >= 11 is 0. The van der Waals surface area contributed by atoms with Gasteiger partial charge in [0.05, 0.1) is 23.6 Å². The van der Waals surface area contributed by atoms with Crippen molar-refractivity contribution >= 4 is 17.3 Å². The van der Waals surface area contributed by atoms with Crippen molar-refractivity contribution in [2.75, 3.05) is 18.1 Å². The molecular weight excluding hydrogens is 242 g/mol. The van der Waals surface area contributed by atoms with Gasteiger partial charge in [0, 0.05) is 18.8 Å². The minimum atomic E-state index is -0.150. The summed E-state index contributed by atoms with van der Waals surface area (Å²) in [5, 5.41) is 13.5. The third kappa shape index (κ3) is 3.19. The number of hydrogen-bond donors (Lipinski definition) is 3. The van der Waals surface area contributed by atoms with E-state index in [0.29, 0.717) is 23.5 Å². The third-order valence-corrected chi connectivity index (χ3v) is 2.63. The lowest BCUT2D eigenvalue weighted by molar-refractivity contribution is 0.0963. The Labute approximate surface area is 111 Å². The highest BCUT2D eigenvalue weighted by atomic mass is 16.1. The molecule has 0 saturated heterocycles. The summed E-state index contributed by atoms with van der Waals surface area (Å²) in [6, 6.07) is 8.77. The molecule has 6 nitrogen and oxygen atoms in total. The maximum absolute atomic E-state index is 11.5. The summed E-state index contributed by atoms with van der Waals surface area (Å²) < 4.78 is 0. The molecule has 0 spiro atoms. The van der Waals surface area contributed by atoms with E-state index in [2.05, 4.69) is 20.8 Å². The summed E-state index contributed by atoms with van der Waals surface area (Å²) in [7, 11) is 1.59. The smallest absolute Gasteiger partial charge is 0.251 e. The Morgan fingerprint density at radius 1 is 1.37 bits per heavy atom. The number of nitrogens with zero attached hydrogens (tertiary/aromatic N) is 2. The Hall–Kier alpha value is -2.63. The summed E-state index contributed by atoms with van der Waals surface area (Å²) in [4.78, 5) is 11.5. The number of nitrogen functional groups attached to an aromatic ring is 1. The molecular formula is C13H15N5O. The van der Waals surface area contributed by atoms with Crippen LogP contribution in [0.1, 0.15) is 16.1 Å². The molecule has 4 N–H and O–H groups in total. The number of nitrogens with two attached hydrogens (primary N) is 1. The minimum Gasteiger partial charge on any atom is -0.397 e. The zero-order valence-electron chi connectivity index (χ0n) is 10.6. The number of anilines is 2. The lowest BCUT2D eigenvalue weighted by Gasteiger charge is -2.10. The molecule has 98 valence electrons. The average molecular weight is 257 g/mol. The van der Waals surface area contributed by atoms with Gasteiger partial charge in [-0.15, -0.1) is 0 Å². The summed E-state index contributed by atoms with van der Waals surface area (Å²) in [6.45, 7) is 0.495. The SMILES string of the molecule is CNC(=O)c1ccc(N)c(NCc2cccnn2)c1. The number of amides is 1. The number of carbonyl (C=O) groups is 1. The monoisotopic (exact) mass is 257 g/mol. The highest BCUT2D eigenvalue weighted by Gasteiger charge is 2.06. The molecule has 1 heterocycles. The van der Waals surface area contributed by atoms with Gasteiger partial charge in [-0.25, -0.2) is 0 Å². The van der Waals surface area contributed by atoms with E-state index in [1.54, 1.807) is 31.4 Å². The first-order valence-corrected chi connectivity index (χ1v) is 5.83. The largest absolute Gasteiger partial charge is 0.397 e. The van der Waals surface area contributed by atoms with E-state index in [1.165, 1.54) is 0 Å². The van der Waals surface area contributed by atoms with Gasteiger partial charge in [-0.05, 0) is 30.3 Å².